The Morgan fingerprint density at radius 2 is 1.73 bits per heavy atom. The number of esters is 1. The third-order valence-corrected chi connectivity index (χ3v) is 10.0. The molecule has 0 saturated carbocycles. The number of carbonyl (C=O) groups excluding carboxylic acids is 2. The van der Waals surface area contributed by atoms with Gasteiger partial charge in [0.2, 0.25) is 10.0 Å². The van der Waals surface area contributed by atoms with E-state index in [9.17, 15) is 31.2 Å². The van der Waals surface area contributed by atoms with Crippen molar-refractivity contribution in [3.8, 4) is 11.5 Å². The summed E-state index contributed by atoms with van der Waals surface area (Å²) in [5.74, 6) is -3.44. The van der Waals surface area contributed by atoms with Crippen molar-refractivity contribution in [3.05, 3.63) is 84.1 Å². The number of nitrogens with zero attached hydrogens (tertiary/aromatic N) is 2. The van der Waals surface area contributed by atoms with E-state index in [2.05, 4.69) is 15.6 Å². The monoisotopic (exact) mass is 729 g/mol. The second kappa shape index (κ2) is 15.0. The Labute approximate surface area is 293 Å². The second-order valence-corrected chi connectivity index (χ2v) is 13.9. The number of alkyl halides is 3. The van der Waals surface area contributed by atoms with Crippen molar-refractivity contribution in [2.24, 2.45) is 0 Å². The van der Waals surface area contributed by atoms with Crippen LogP contribution in [0.15, 0.2) is 77.8 Å². The van der Waals surface area contributed by atoms with Crippen molar-refractivity contribution in [2.45, 2.75) is 63.1 Å². The highest BCUT2D eigenvalue weighted by Gasteiger charge is 2.52. The van der Waals surface area contributed by atoms with Crippen LogP contribution in [0.1, 0.15) is 44.7 Å². The number of halogens is 3. The van der Waals surface area contributed by atoms with Crippen LogP contribution >= 0.6 is 0 Å². The largest absolute Gasteiger partial charge is 0.491 e. The minimum absolute atomic E-state index is 0.0603. The standard InChI is InChI=1S/C35H38F3N5O7S/c1-4-48-29-20-25(11-14-28(29)49-22(2)3)34(50-33(45)35(36,37)38,42-26-12-13-27-23(19-26)15-16-40-31(27)39)32(44)41-21-24-9-5-6-10-30(24)51(46,47)43-17-7-8-18-43/h5-6,9-16,19-20,22,42H,4,7-8,17-18,21H2,1-3H3,(H2,39,40)(H,41,44). The van der Waals surface area contributed by atoms with Crippen LogP contribution in [0.5, 0.6) is 11.5 Å². The van der Waals surface area contributed by atoms with Gasteiger partial charge in [-0.05, 0) is 93.1 Å². The quantitative estimate of drug-likeness (QED) is 0.119. The fraction of sp³-hybridized carbons (Fsp3) is 0.343. The van der Waals surface area contributed by atoms with Gasteiger partial charge >= 0.3 is 12.1 Å². The van der Waals surface area contributed by atoms with Crippen LogP contribution in [0.2, 0.25) is 0 Å². The molecule has 0 spiro atoms. The highest BCUT2D eigenvalue weighted by Crippen LogP contribution is 2.38. The number of amides is 1. The maximum atomic E-state index is 14.5. The molecule has 272 valence electrons. The van der Waals surface area contributed by atoms with Crippen molar-refractivity contribution in [2.75, 3.05) is 30.7 Å². The van der Waals surface area contributed by atoms with Gasteiger partial charge in [0.1, 0.15) is 5.82 Å². The summed E-state index contributed by atoms with van der Waals surface area (Å²) in [7, 11) is -3.96. The minimum atomic E-state index is -5.52. The van der Waals surface area contributed by atoms with Gasteiger partial charge in [-0.25, -0.2) is 18.2 Å². The van der Waals surface area contributed by atoms with Gasteiger partial charge in [-0.15, -0.1) is 0 Å². The molecule has 3 aromatic carbocycles. The number of rotatable bonds is 13. The minimum Gasteiger partial charge on any atom is -0.490 e. The first-order valence-corrected chi connectivity index (χ1v) is 17.6. The third-order valence-electron chi connectivity index (χ3n) is 8.02. The number of hydrogen-bond donors (Lipinski definition) is 3. The van der Waals surface area contributed by atoms with Gasteiger partial charge in [0, 0.05) is 42.5 Å². The van der Waals surface area contributed by atoms with Gasteiger partial charge in [0.05, 0.1) is 17.6 Å². The van der Waals surface area contributed by atoms with Crippen molar-refractivity contribution in [1.82, 2.24) is 14.6 Å². The van der Waals surface area contributed by atoms with Crippen molar-refractivity contribution in [3.63, 3.8) is 0 Å². The molecule has 5 rings (SSSR count). The average molecular weight is 730 g/mol. The van der Waals surface area contributed by atoms with Crippen molar-refractivity contribution < 1.29 is 45.4 Å². The van der Waals surface area contributed by atoms with Gasteiger partial charge in [-0.1, -0.05) is 18.2 Å². The Morgan fingerprint density at radius 3 is 2.41 bits per heavy atom. The predicted octanol–water partition coefficient (Wildman–Crippen LogP) is 5.47. The number of nitrogen functional groups attached to an aromatic ring is 1. The number of nitrogens with one attached hydrogen (secondary N) is 2. The van der Waals surface area contributed by atoms with E-state index in [1.165, 1.54) is 59.0 Å². The zero-order valence-corrected chi connectivity index (χ0v) is 28.9. The van der Waals surface area contributed by atoms with Crippen LogP contribution in [0.3, 0.4) is 0 Å². The van der Waals surface area contributed by atoms with E-state index in [1.807, 2.05) is 0 Å². The van der Waals surface area contributed by atoms with E-state index >= 15 is 0 Å². The number of carbonyl (C=O) groups is 2. The first kappa shape index (κ1) is 37.2. The molecule has 1 atom stereocenters. The Bertz CT molecular complexity index is 2020. The molecule has 1 fully saturated rings. The zero-order chi connectivity index (χ0) is 37.0. The van der Waals surface area contributed by atoms with Gasteiger partial charge in [0.25, 0.3) is 11.6 Å². The van der Waals surface area contributed by atoms with Gasteiger partial charge in [-0.2, -0.15) is 17.5 Å². The van der Waals surface area contributed by atoms with E-state index < -0.39 is 40.3 Å². The SMILES string of the molecule is CCOc1cc(C(Nc2ccc3c(N)nccc3c2)(OC(=O)C(F)(F)F)C(=O)NCc2ccccc2S(=O)(=O)N2CCCC2)ccc1OC(C)C. The molecule has 0 radical (unpaired) electrons. The first-order valence-electron chi connectivity index (χ1n) is 16.2. The summed E-state index contributed by atoms with van der Waals surface area (Å²) in [6, 6.07) is 15.9. The maximum absolute atomic E-state index is 14.5. The summed E-state index contributed by atoms with van der Waals surface area (Å²) in [5, 5.41) is 6.31. The molecular weight excluding hydrogens is 691 g/mol. The molecule has 1 unspecified atom stereocenters. The number of anilines is 2. The third kappa shape index (κ3) is 8.12. The fourth-order valence-corrected chi connectivity index (χ4v) is 7.42. The van der Waals surface area contributed by atoms with E-state index in [-0.39, 0.29) is 51.7 Å². The highest BCUT2D eigenvalue weighted by atomic mass is 32.2. The summed E-state index contributed by atoms with van der Waals surface area (Å²) in [5.41, 5.74) is 3.07. The van der Waals surface area contributed by atoms with E-state index in [1.54, 1.807) is 39.0 Å². The molecule has 51 heavy (non-hydrogen) atoms. The van der Waals surface area contributed by atoms with Crippen molar-refractivity contribution in [1.29, 1.82) is 0 Å². The number of fused-ring (bicyclic) bond motifs is 1. The number of pyridine rings is 1. The Balaban J connectivity index is 1.65. The van der Waals surface area contributed by atoms with Crippen LogP contribution in [-0.2, 0) is 36.6 Å². The average Bonchev–Trinajstić information content (AvgIpc) is 3.64. The number of benzene rings is 3. The summed E-state index contributed by atoms with van der Waals surface area (Å²) in [6.07, 6.45) is -3.02. The Hall–Kier alpha value is -5.09. The smallest absolute Gasteiger partial charge is 0.490 e. The fourth-order valence-electron chi connectivity index (χ4n) is 5.69. The number of aromatic nitrogens is 1. The number of nitrogens with two attached hydrogens (primary N) is 1. The summed E-state index contributed by atoms with van der Waals surface area (Å²) in [6.45, 7) is 5.52. The molecule has 1 aromatic heterocycles. The molecule has 1 saturated heterocycles. The number of ether oxygens (including phenoxy) is 3. The molecule has 1 aliphatic rings. The second-order valence-electron chi connectivity index (χ2n) is 12.0. The lowest BCUT2D eigenvalue weighted by atomic mass is 9.99. The molecule has 1 amide bonds. The van der Waals surface area contributed by atoms with Gasteiger partial charge < -0.3 is 30.6 Å². The lowest BCUT2D eigenvalue weighted by molar-refractivity contribution is -0.213. The lowest BCUT2D eigenvalue weighted by Gasteiger charge is -2.35. The summed E-state index contributed by atoms with van der Waals surface area (Å²) < 4.78 is 87.0. The predicted molar refractivity (Wildman–Crippen MR) is 183 cm³/mol. The normalized spacial score (nSPS) is 15.0. The van der Waals surface area contributed by atoms with Gasteiger partial charge in [0.15, 0.2) is 11.5 Å². The molecule has 4 N–H and O–H groups in total. The van der Waals surface area contributed by atoms with Crippen LogP contribution in [0.4, 0.5) is 24.7 Å². The van der Waals surface area contributed by atoms with E-state index in [4.69, 9.17) is 19.9 Å². The number of hydrogen-bond acceptors (Lipinski definition) is 10. The molecule has 16 heteroatoms. The summed E-state index contributed by atoms with van der Waals surface area (Å²) in [4.78, 5) is 31.2. The molecule has 2 heterocycles. The molecule has 0 bridgehead atoms. The molecule has 1 aliphatic heterocycles. The Kier molecular flexibility index (Phi) is 11.0. The van der Waals surface area contributed by atoms with Gasteiger partial charge in [-0.3, -0.25) is 4.79 Å². The van der Waals surface area contributed by atoms with E-state index in [0.29, 0.717) is 36.7 Å². The molecule has 0 aliphatic carbocycles. The first-order chi connectivity index (χ1) is 24.2. The van der Waals surface area contributed by atoms with Crippen molar-refractivity contribution >= 4 is 44.2 Å². The van der Waals surface area contributed by atoms with E-state index in [0.717, 1.165) is 0 Å². The molecule has 12 nitrogen and oxygen atoms in total. The molecular formula is C35H38F3N5O7S. The topological polar surface area (TPSA) is 162 Å². The molecule has 4 aromatic rings. The maximum Gasteiger partial charge on any atom is 0.491 e. The van der Waals surface area contributed by atoms with Crippen LogP contribution in [0, 0.1) is 0 Å². The zero-order valence-electron chi connectivity index (χ0n) is 28.1. The lowest BCUT2D eigenvalue weighted by Crippen LogP contribution is -2.54. The highest BCUT2D eigenvalue weighted by molar-refractivity contribution is 7.89. The number of sulfonamides is 1. The van der Waals surface area contributed by atoms with Crippen LogP contribution < -0.4 is 25.8 Å². The Morgan fingerprint density at radius 1 is 1.00 bits per heavy atom. The van der Waals surface area contributed by atoms with Crippen LogP contribution in [0.25, 0.3) is 10.8 Å². The van der Waals surface area contributed by atoms with Crippen LogP contribution in [-0.4, -0.2) is 61.6 Å². The summed E-state index contributed by atoms with van der Waals surface area (Å²) >= 11 is 0.